The van der Waals surface area contributed by atoms with E-state index in [-0.39, 0.29) is 0 Å². The summed E-state index contributed by atoms with van der Waals surface area (Å²) in [5, 5.41) is 0.976. The van der Waals surface area contributed by atoms with Crippen molar-refractivity contribution in [2.45, 2.75) is 52.4 Å². The Hall–Kier alpha value is -2.32. The van der Waals surface area contributed by atoms with Crippen molar-refractivity contribution >= 4 is 11.3 Å². The highest BCUT2D eigenvalue weighted by Crippen LogP contribution is 2.34. The molecule has 0 amide bonds. The van der Waals surface area contributed by atoms with Gasteiger partial charge in [0.15, 0.2) is 5.06 Å². The molecule has 1 nitrogen and oxygen atoms in total. The number of hydrogen-bond acceptors (Lipinski definition) is 2. The van der Waals surface area contributed by atoms with Gasteiger partial charge in [0.2, 0.25) is 0 Å². The molecule has 0 atom stereocenters. The molecule has 1 heterocycles. The zero-order chi connectivity index (χ0) is 20.3. The zero-order valence-corrected chi connectivity index (χ0v) is 18.5. The summed E-state index contributed by atoms with van der Waals surface area (Å²) in [4.78, 5) is 1.25. The summed E-state index contributed by atoms with van der Waals surface area (Å²) >= 11 is 1.71. The van der Waals surface area contributed by atoms with Gasteiger partial charge in [0.05, 0.1) is 0 Å². The third-order valence-electron chi connectivity index (χ3n) is 5.05. The molecule has 0 spiro atoms. The molecule has 3 rings (SSSR count). The molecule has 0 saturated heterocycles. The van der Waals surface area contributed by atoms with E-state index in [0.29, 0.717) is 6.61 Å². The summed E-state index contributed by atoms with van der Waals surface area (Å²) in [6.07, 6.45) is 11.6. The van der Waals surface area contributed by atoms with Gasteiger partial charge in [0.25, 0.3) is 0 Å². The van der Waals surface area contributed by atoms with E-state index < -0.39 is 0 Å². The van der Waals surface area contributed by atoms with Gasteiger partial charge in [0.1, 0.15) is 6.61 Å². The molecule has 0 aliphatic heterocycles. The van der Waals surface area contributed by atoms with Crippen LogP contribution in [0.15, 0.2) is 72.8 Å². The van der Waals surface area contributed by atoms with Gasteiger partial charge in [-0.15, -0.1) is 0 Å². The van der Waals surface area contributed by atoms with Gasteiger partial charge in [-0.25, -0.2) is 0 Å². The molecule has 0 radical (unpaired) electrons. The van der Waals surface area contributed by atoms with Gasteiger partial charge in [0, 0.05) is 4.88 Å². The number of rotatable bonds is 11. The predicted molar refractivity (Wildman–Crippen MR) is 128 cm³/mol. The lowest BCUT2D eigenvalue weighted by Crippen LogP contribution is -1.90. The summed E-state index contributed by atoms with van der Waals surface area (Å²) in [5.74, 6) is 0. The number of unbranched alkanes of at least 4 members (excludes halogenated alkanes) is 3. The van der Waals surface area contributed by atoms with Crippen molar-refractivity contribution in [3.63, 3.8) is 0 Å². The maximum atomic E-state index is 5.83. The fourth-order valence-electron chi connectivity index (χ4n) is 3.31. The van der Waals surface area contributed by atoms with E-state index in [1.165, 1.54) is 59.2 Å². The number of hydrogen-bond donors (Lipinski definition) is 0. The molecule has 3 aromatic rings. The number of benzene rings is 2. The second kappa shape index (κ2) is 11.6. The standard InChI is InChI=1S/C27H32OS/c1-3-5-7-9-21-28-27-20-19-26(29-27)25-17-15-24(16-18-25)23-13-11-22(12-14-23)10-8-6-4-2/h7,9,11-20H,3-6,8,10,21H2,1-2H3/b9-7+. The molecule has 0 saturated carbocycles. The minimum absolute atomic E-state index is 0.646. The maximum absolute atomic E-state index is 5.83. The fraction of sp³-hybridized carbons (Fsp3) is 0.333. The van der Waals surface area contributed by atoms with Gasteiger partial charge >= 0.3 is 0 Å². The number of aryl methyl sites for hydroxylation is 1. The lowest BCUT2D eigenvalue weighted by atomic mass is 10.0. The first-order valence-electron chi connectivity index (χ1n) is 10.9. The first-order valence-corrected chi connectivity index (χ1v) is 11.7. The van der Waals surface area contributed by atoms with Gasteiger partial charge in [-0.3, -0.25) is 0 Å². The van der Waals surface area contributed by atoms with Crippen LogP contribution in [-0.2, 0) is 6.42 Å². The Balaban J connectivity index is 1.59. The molecule has 2 heteroatoms. The Kier molecular flexibility index (Phi) is 8.58. The van der Waals surface area contributed by atoms with Crippen LogP contribution in [0.2, 0.25) is 0 Å². The third kappa shape index (κ3) is 6.61. The molecule has 2 aromatic carbocycles. The smallest absolute Gasteiger partial charge is 0.174 e. The van der Waals surface area contributed by atoms with Gasteiger partial charge in [-0.1, -0.05) is 105 Å². The first kappa shape index (κ1) is 21.4. The highest BCUT2D eigenvalue weighted by atomic mass is 32.1. The fourth-order valence-corrected chi connectivity index (χ4v) is 4.18. The number of thiophene rings is 1. The molecular weight excluding hydrogens is 372 g/mol. The lowest BCUT2D eigenvalue weighted by Gasteiger charge is -2.06. The summed E-state index contributed by atoms with van der Waals surface area (Å²) < 4.78 is 5.83. The van der Waals surface area contributed by atoms with E-state index >= 15 is 0 Å². The second-order valence-electron chi connectivity index (χ2n) is 7.42. The highest BCUT2D eigenvalue weighted by molar-refractivity contribution is 7.17. The van der Waals surface area contributed by atoms with Crippen LogP contribution in [0.25, 0.3) is 21.6 Å². The van der Waals surface area contributed by atoms with Gasteiger partial charge in [-0.05, 0) is 53.6 Å². The topological polar surface area (TPSA) is 9.23 Å². The minimum Gasteiger partial charge on any atom is -0.480 e. The van der Waals surface area contributed by atoms with Crippen molar-refractivity contribution in [3.8, 4) is 26.6 Å². The Labute approximate surface area is 180 Å². The summed E-state index contributed by atoms with van der Waals surface area (Å²) in [5.41, 5.74) is 5.23. The molecular formula is C27H32OS. The van der Waals surface area contributed by atoms with Gasteiger partial charge < -0.3 is 4.74 Å². The van der Waals surface area contributed by atoms with Crippen molar-refractivity contribution in [1.29, 1.82) is 0 Å². The molecule has 0 N–H and O–H groups in total. The largest absolute Gasteiger partial charge is 0.480 e. The normalized spacial score (nSPS) is 11.2. The molecule has 0 fully saturated rings. The molecule has 0 bridgehead atoms. The molecule has 29 heavy (non-hydrogen) atoms. The van der Waals surface area contributed by atoms with Crippen LogP contribution in [0.5, 0.6) is 5.06 Å². The van der Waals surface area contributed by atoms with Crippen LogP contribution in [0, 0.1) is 0 Å². The van der Waals surface area contributed by atoms with E-state index in [9.17, 15) is 0 Å². The molecule has 0 aliphatic carbocycles. The average molecular weight is 405 g/mol. The first-order chi connectivity index (χ1) is 14.3. The number of ether oxygens (including phenoxy) is 1. The summed E-state index contributed by atoms with van der Waals surface area (Å²) in [6.45, 7) is 5.09. The molecule has 152 valence electrons. The second-order valence-corrected chi connectivity index (χ2v) is 8.47. The predicted octanol–water partition coefficient (Wildman–Crippen LogP) is 8.55. The maximum Gasteiger partial charge on any atom is 0.174 e. The van der Waals surface area contributed by atoms with Crippen molar-refractivity contribution in [2.75, 3.05) is 6.61 Å². The number of allylic oxidation sites excluding steroid dienone is 1. The SMILES string of the molecule is CCC/C=C/COc1ccc(-c2ccc(-c3ccc(CCCCC)cc3)cc2)s1. The van der Waals surface area contributed by atoms with Crippen molar-refractivity contribution in [3.05, 3.63) is 78.4 Å². The average Bonchev–Trinajstić information content (AvgIpc) is 3.23. The van der Waals surface area contributed by atoms with Crippen LogP contribution in [0.1, 0.15) is 51.5 Å². The van der Waals surface area contributed by atoms with E-state index in [1.807, 2.05) is 0 Å². The Morgan fingerprint density at radius 3 is 2.10 bits per heavy atom. The van der Waals surface area contributed by atoms with Crippen LogP contribution >= 0.6 is 11.3 Å². The molecule has 0 aliphatic rings. The van der Waals surface area contributed by atoms with E-state index in [2.05, 4.69) is 86.7 Å². The Morgan fingerprint density at radius 1 is 0.724 bits per heavy atom. The van der Waals surface area contributed by atoms with Crippen LogP contribution in [0.3, 0.4) is 0 Å². The monoisotopic (exact) mass is 404 g/mol. The van der Waals surface area contributed by atoms with Crippen LogP contribution < -0.4 is 4.74 Å². The van der Waals surface area contributed by atoms with Crippen LogP contribution in [0.4, 0.5) is 0 Å². The zero-order valence-electron chi connectivity index (χ0n) is 17.7. The summed E-state index contributed by atoms with van der Waals surface area (Å²) in [7, 11) is 0. The van der Waals surface area contributed by atoms with Crippen molar-refractivity contribution < 1.29 is 4.74 Å². The van der Waals surface area contributed by atoms with E-state index in [4.69, 9.17) is 4.74 Å². The minimum atomic E-state index is 0.646. The lowest BCUT2D eigenvalue weighted by molar-refractivity contribution is 0.373. The van der Waals surface area contributed by atoms with E-state index in [1.54, 1.807) is 11.3 Å². The van der Waals surface area contributed by atoms with Gasteiger partial charge in [-0.2, -0.15) is 0 Å². The third-order valence-corrected chi connectivity index (χ3v) is 6.10. The highest BCUT2D eigenvalue weighted by Gasteiger charge is 2.05. The Bertz CT molecular complexity index is 872. The van der Waals surface area contributed by atoms with Crippen molar-refractivity contribution in [1.82, 2.24) is 0 Å². The molecule has 0 unspecified atom stereocenters. The molecule has 1 aromatic heterocycles. The Morgan fingerprint density at radius 2 is 1.41 bits per heavy atom. The van der Waals surface area contributed by atoms with Crippen molar-refractivity contribution in [2.24, 2.45) is 0 Å². The van der Waals surface area contributed by atoms with Crippen LogP contribution in [-0.4, -0.2) is 6.61 Å². The van der Waals surface area contributed by atoms with E-state index in [0.717, 1.165) is 11.5 Å². The summed E-state index contributed by atoms with van der Waals surface area (Å²) in [6, 6.07) is 22.1. The quantitative estimate of drug-likeness (QED) is 0.230.